The van der Waals surface area contributed by atoms with Crippen molar-refractivity contribution >= 4 is 10.0 Å². The normalized spacial score (nSPS) is 13.0. The van der Waals surface area contributed by atoms with Crippen LogP contribution < -0.4 is 4.72 Å². The summed E-state index contributed by atoms with van der Waals surface area (Å²) in [5.41, 5.74) is 3.30. The Balaban J connectivity index is 2.00. The van der Waals surface area contributed by atoms with Crippen LogP contribution in [0.3, 0.4) is 0 Å². The summed E-state index contributed by atoms with van der Waals surface area (Å²) in [7, 11) is -3.45. The summed E-state index contributed by atoms with van der Waals surface area (Å²) in [5.74, 6) is 0. The van der Waals surface area contributed by atoms with Gasteiger partial charge in [0.2, 0.25) is 10.0 Å². The molecule has 1 atom stereocenters. The van der Waals surface area contributed by atoms with E-state index in [0.717, 1.165) is 24.0 Å². The largest absolute Gasteiger partial charge is 0.240 e. The van der Waals surface area contributed by atoms with E-state index in [-0.39, 0.29) is 6.04 Å². The molecule has 0 aromatic heterocycles. The third-order valence-electron chi connectivity index (χ3n) is 3.85. The lowest BCUT2D eigenvalue weighted by molar-refractivity contribution is 0.547. The predicted octanol–water partition coefficient (Wildman–Crippen LogP) is 3.60. The van der Waals surface area contributed by atoms with Gasteiger partial charge in [-0.1, -0.05) is 36.4 Å². The van der Waals surface area contributed by atoms with E-state index in [2.05, 4.69) is 16.9 Å². The fourth-order valence-corrected chi connectivity index (χ4v) is 3.66. The molecule has 2 aromatic carbocycles. The molecule has 118 valence electrons. The lowest BCUT2D eigenvalue weighted by atomic mass is 10.1. The molecule has 0 saturated heterocycles. The Morgan fingerprint density at radius 2 is 1.68 bits per heavy atom. The average Bonchev–Trinajstić information content (AvgIpc) is 2.48. The van der Waals surface area contributed by atoms with Crippen molar-refractivity contribution < 1.29 is 8.42 Å². The Hall–Kier alpha value is -1.65. The van der Waals surface area contributed by atoms with Crippen LogP contribution in [0, 0.1) is 13.8 Å². The Morgan fingerprint density at radius 1 is 1.00 bits per heavy atom. The molecule has 0 amide bonds. The number of hydrogen-bond donors (Lipinski definition) is 1. The third kappa shape index (κ3) is 4.42. The van der Waals surface area contributed by atoms with E-state index in [4.69, 9.17) is 0 Å². The molecule has 3 nitrogen and oxygen atoms in total. The van der Waals surface area contributed by atoms with Crippen LogP contribution >= 0.6 is 0 Å². The Bertz CT molecular complexity index is 724. The fourth-order valence-electron chi connectivity index (χ4n) is 2.30. The van der Waals surface area contributed by atoms with Gasteiger partial charge < -0.3 is 0 Å². The standard InChI is InChI=1S/C18H23NO2S/c1-14-9-12-18(13-15(14)2)22(20,21)19-16(3)10-11-17-7-5-4-6-8-17/h4-9,12-13,16,19H,10-11H2,1-3H3. The second kappa shape index (κ2) is 7.07. The lowest BCUT2D eigenvalue weighted by Crippen LogP contribution is -2.33. The zero-order valence-electron chi connectivity index (χ0n) is 13.3. The molecule has 4 heteroatoms. The van der Waals surface area contributed by atoms with Crippen LogP contribution in [0.2, 0.25) is 0 Å². The Labute approximate surface area is 133 Å². The summed E-state index contributed by atoms with van der Waals surface area (Å²) >= 11 is 0. The molecular formula is C18H23NO2S. The fraction of sp³-hybridized carbons (Fsp3) is 0.333. The van der Waals surface area contributed by atoms with Crippen molar-refractivity contribution in [3.8, 4) is 0 Å². The monoisotopic (exact) mass is 317 g/mol. The molecule has 0 spiro atoms. The molecule has 0 fully saturated rings. The van der Waals surface area contributed by atoms with Crippen LogP contribution in [0.1, 0.15) is 30.0 Å². The molecule has 0 aliphatic carbocycles. The molecular weight excluding hydrogens is 294 g/mol. The van der Waals surface area contributed by atoms with Gasteiger partial charge in [0, 0.05) is 6.04 Å². The number of hydrogen-bond acceptors (Lipinski definition) is 2. The van der Waals surface area contributed by atoms with E-state index >= 15 is 0 Å². The van der Waals surface area contributed by atoms with E-state index in [1.807, 2.05) is 45.0 Å². The van der Waals surface area contributed by atoms with E-state index < -0.39 is 10.0 Å². The van der Waals surface area contributed by atoms with Crippen LogP contribution in [0.15, 0.2) is 53.4 Å². The summed E-state index contributed by atoms with van der Waals surface area (Å²) in [4.78, 5) is 0.335. The highest BCUT2D eigenvalue weighted by molar-refractivity contribution is 7.89. The summed E-state index contributed by atoms with van der Waals surface area (Å²) in [6.07, 6.45) is 1.63. The van der Waals surface area contributed by atoms with E-state index in [1.165, 1.54) is 5.56 Å². The first-order chi connectivity index (χ1) is 10.4. The summed E-state index contributed by atoms with van der Waals surface area (Å²) in [5, 5.41) is 0. The van der Waals surface area contributed by atoms with Gasteiger partial charge in [-0.05, 0) is 62.4 Å². The molecule has 0 aliphatic rings. The summed E-state index contributed by atoms with van der Waals surface area (Å²) < 4.78 is 27.6. The van der Waals surface area contributed by atoms with Crippen molar-refractivity contribution in [3.05, 3.63) is 65.2 Å². The highest BCUT2D eigenvalue weighted by Gasteiger charge is 2.17. The molecule has 22 heavy (non-hydrogen) atoms. The quantitative estimate of drug-likeness (QED) is 0.885. The second-order valence-electron chi connectivity index (χ2n) is 5.79. The van der Waals surface area contributed by atoms with Crippen molar-refractivity contribution in [2.24, 2.45) is 0 Å². The molecule has 0 saturated carbocycles. The smallest absolute Gasteiger partial charge is 0.208 e. The van der Waals surface area contributed by atoms with Crippen molar-refractivity contribution in [1.82, 2.24) is 4.72 Å². The van der Waals surface area contributed by atoms with Gasteiger partial charge in [0.25, 0.3) is 0 Å². The van der Waals surface area contributed by atoms with E-state index in [1.54, 1.807) is 12.1 Å². The van der Waals surface area contributed by atoms with Crippen molar-refractivity contribution in [2.75, 3.05) is 0 Å². The lowest BCUT2D eigenvalue weighted by Gasteiger charge is -2.15. The van der Waals surface area contributed by atoms with Crippen LogP contribution in [0.4, 0.5) is 0 Å². The highest BCUT2D eigenvalue weighted by atomic mass is 32.2. The summed E-state index contributed by atoms with van der Waals surface area (Å²) in [6, 6.07) is 15.2. The van der Waals surface area contributed by atoms with Crippen molar-refractivity contribution in [1.29, 1.82) is 0 Å². The van der Waals surface area contributed by atoms with Gasteiger partial charge in [0.1, 0.15) is 0 Å². The zero-order chi connectivity index (χ0) is 16.2. The molecule has 1 N–H and O–H groups in total. The maximum atomic E-state index is 12.4. The minimum Gasteiger partial charge on any atom is -0.208 e. The molecule has 0 bridgehead atoms. The molecule has 0 aliphatic heterocycles. The zero-order valence-corrected chi connectivity index (χ0v) is 14.2. The Morgan fingerprint density at radius 3 is 2.32 bits per heavy atom. The number of rotatable bonds is 6. The Kier molecular flexibility index (Phi) is 5.37. The van der Waals surface area contributed by atoms with E-state index in [9.17, 15) is 8.42 Å². The van der Waals surface area contributed by atoms with Crippen LogP contribution in [-0.2, 0) is 16.4 Å². The molecule has 0 radical (unpaired) electrons. The van der Waals surface area contributed by atoms with E-state index in [0.29, 0.717) is 4.90 Å². The number of benzene rings is 2. The molecule has 0 heterocycles. The molecule has 1 unspecified atom stereocenters. The minimum absolute atomic E-state index is 0.105. The number of aryl methyl sites for hydroxylation is 3. The SMILES string of the molecule is Cc1ccc(S(=O)(=O)NC(C)CCc2ccccc2)cc1C. The maximum absolute atomic E-state index is 12.4. The van der Waals surface area contributed by atoms with Gasteiger partial charge in [0.15, 0.2) is 0 Å². The molecule has 2 aromatic rings. The van der Waals surface area contributed by atoms with Gasteiger partial charge in [-0.25, -0.2) is 13.1 Å². The molecule has 2 rings (SSSR count). The number of sulfonamides is 1. The van der Waals surface area contributed by atoms with Crippen molar-refractivity contribution in [2.45, 2.75) is 44.6 Å². The van der Waals surface area contributed by atoms with Crippen LogP contribution in [-0.4, -0.2) is 14.5 Å². The van der Waals surface area contributed by atoms with Gasteiger partial charge in [-0.3, -0.25) is 0 Å². The second-order valence-corrected chi connectivity index (χ2v) is 7.51. The first kappa shape index (κ1) is 16.7. The number of nitrogens with one attached hydrogen (secondary N) is 1. The van der Waals surface area contributed by atoms with Gasteiger partial charge in [0.05, 0.1) is 4.90 Å². The van der Waals surface area contributed by atoms with Gasteiger partial charge in [-0.15, -0.1) is 0 Å². The van der Waals surface area contributed by atoms with Crippen LogP contribution in [0.25, 0.3) is 0 Å². The maximum Gasteiger partial charge on any atom is 0.240 e. The average molecular weight is 317 g/mol. The van der Waals surface area contributed by atoms with Crippen LogP contribution in [0.5, 0.6) is 0 Å². The van der Waals surface area contributed by atoms with Gasteiger partial charge in [-0.2, -0.15) is 0 Å². The topological polar surface area (TPSA) is 46.2 Å². The minimum atomic E-state index is -3.45. The van der Waals surface area contributed by atoms with Crippen molar-refractivity contribution in [3.63, 3.8) is 0 Å². The first-order valence-corrected chi connectivity index (χ1v) is 9.00. The van der Waals surface area contributed by atoms with Gasteiger partial charge >= 0.3 is 0 Å². The summed E-state index contributed by atoms with van der Waals surface area (Å²) in [6.45, 7) is 5.80. The predicted molar refractivity (Wildman–Crippen MR) is 90.5 cm³/mol. The highest BCUT2D eigenvalue weighted by Crippen LogP contribution is 2.15. The first-order valence-electron chi connectivity index (χ1n) is 7.52. The third-order valence-corrected chi connectivity index (χ3v) is 5.44.